The van der Waals surface area contributed by atoms with Gasteiger partial charge >= 0.3 is 6.09 Å². The fourth-order valence-electron chi connectivity index (χ4n) is 2.26. The van der Waals surface area contributed by atoms with Crippen LogP contribution in [-0.2, 0) is 11.3 Å². The Hall–Kier alpha value is -1.77. The summed E-state index contributed by atoms with van der Waals surface area (Å²) in [5.74, 6) is 0. The summed E-state index contributed by atoms with van der Waals surface area (Å²) >= 11 is 0. The van der Waals surface area contributed by atoms with Crippen LogP contribution in [0.1, 0.15) is 56.9 Å². The molecular formula is C19H29NO2. The highest BCUT2D eigenvalue weighted by atomic mass is 16.5. The Morgan fingerprint density at radius 3 is 2.32 bits per heavy atom. The number of carbonyl (C=O) groups excluding carboxylic acids is 1. The van der Waals surface area contributed by atoms with Gasteiger partial charge in [-0.3, -0.25) is 0 Å². The van der Waals surface area contributed by atoms with Gasteiger partial charge in [-0.15, -0.1) is 6.58 Å². The van der Waals surface area contributed by atoms with Crippen LogP contribution < -0.4 is 5.32 Å². The van der Waals surface area contributed by atoms with Crippen molar-refractivity contribution in [3.63, 3.8) is 0 Å². The number of hydrogen-bond acceptors (Lipinski definition) is 2. The van der Waals surface area contributed by atoms with Crippen molar-refractivity contribution in [3.05, 3.63) is 48.6 Å². The van der Waals surface area contributed by atoms with Crippen LogP contribution in [0.3, 0.4) is 0 Å². The van der Waals surface area contributed by atoms with Crippen LogP contribution >= 0.6 is 0 Å². The van der Waals surface area contributed by atoms with Gasteiger partial charge in [-0.2, -0.15) is 0 Å². The van der Waals surface area contributed by atoms with Crippen LogP contribution in [0, 0.1) is 0 Å². The highest BCUT2D eigenvalue weighted by Gasteiger charge is 2.01. The molecule has 0 radical (unpaired) electrons. The summed E-state index contributed by atoms with van der Waals surface area (Å²) in [4.78, 5) is 11.5. The molecule has 0 aliphatic carbocycles. The molecule has 0 saturated carbocycles. The fraction of sp³-hybridized carbons (Fsp3) is 0.526. The standard InChI is InChI=1S/C19H29NO2/c1-2-3-4-5-6-7-8-9-13-16-20-19(21)22-17-18-14-11-10-12-15-18/h2,10-12,14-15H,1,3-9,13,16-17H2,(H,20,21). The molecule has 0 aromatic heterocycles. The molecule has 1 aromatic carbocycles. The molecule has 1 rings (SSSR count). The molecule has 3 heteroatoms. The van der Waals surface area contributed by atoms with E-state index in [1.165, 1.54) is 38.5 Å². The van der Waals surface area contributed by atoms with E-state index < -0.39 is 0 Å². The van der Waals surface area contributed by atoms with Gasteiger partial charge in [0.25, 0.3) is 0 Å². The first-order valence-corrected chi connectivity index (χ1v) is 8.38. The minimum Gasteiger partial charge on any atom is -0.445 e. The number of hydrogen-bond donors (Lipinski definition) is 1. The summed E-state index contributed by atoms with van der Waals surface area (Å²) in [7, 11) is 0. The lowest BCUT2D eigenvalue weighted by molar-refractivity contribution is 0.139. The zero-order chi connectivity index (χ0) is 15.9. The first-order valence-electron chi connectivity index (χ1n) is 8.38. The molecule has 0 bridgehead atoms. The Labute approximate surface area is 134 Å². The second-order valence-electron chi connectivity index (χ2n) is 5.54. The molecule has 1 aromatic rings. The Morgan fingerprint density at radius 1 is 1.00 bits per heavy atom. The lowest BCUT2D eigenvalue weighted by Crippen LogP contribution is -2.25. The predicted octanol–water partition coefficient (Wildman–Crippen LogP) is 5.22. The molecule has 0 spiro atoms. The number of unbranched alkanes of at least 4 members (excludes halogenated alkanes) is 7. The van der Waals surface area contributed by atoms with E-state index in [2.05, 4.69) is 11.9 Å². The van der Waals surface area contributed by atoms with Crippen molar-refractivity contribution in [2.75, 3.05) is 6.54 Å². The monoisotopic (exact) mass is 303 g/mol. The van der Waals surface area contributed by atoms with Crippen molar-refractivity contribution in [2.45, 2.75) is 58.0 Å². The number of ether oxygens (including phenoxy) is 1. The van der Waals surface area contributed by atoms with E-state index in [4.69, 9.17) is 4.74 Å². The second kappa shape index (κ2) is 12.9. The largest absolute Gasteiger partial charge is 0.445 e. The molecule has 3 nitrogen and oxygen atoms in total. The number of rotatable bonds is 12. The SMILES string of the molecule is C=CCCCCCCCCCNC(=O)OCc1ccccc1. The number of nitrogens with one attached hydrogen (secondary N) is 1. The molecule has 0 heterocycles. The lowest BCUT2D eigenvalue weighted by Gasteiger charge is -2.07. The van der Waals surface area contributed by atoms with E-state index in [-0.39, 0.29) is 6.09 Å². The summed E-state index contributed by atoms with van der Waals surface area (Å²) in [6.07, 6.45) is 11.4. The van der Waals surface area contributed by atoms with Crippen molar-refractivity contribution >= 4 is 6.09 Å². The van der Waals surface area contributed by atoms with Gasteiger partial charge in [-0.05, 0) is 24.8 Å². The van der Waals surface area contributed by atoms with Gasteiger partial charge in [0, 0.05) is 6.54 Å². The average Bonchev–Trinajstić information content (AvgIpc) is 2.55. The first-order chi connectivity index (χ1) is 10.8. The molecule has 1 amide bonds. The fourth-order valence-corrected chi connectivity index (χ4v) is 2.26. The molecule has 0 unspecified atom stereocenters. The molecule has 1 N–H and O–H groups in total. The minimum absolute atomic E-state index is 0.326. The number of alkyl carbamates (subject to hydrolysis) is 1. The van der Waals surface area contributed by atoms with Gasteiger partial charge in [0.15, 0.2) is 0 Å². The normalized spacial score (nSPS) is 10.2. The first kappa shape index (κ1) is 18.3. The van der Waals surface area contributed by atoms with E-state index in [0.29, 0.717) is 13.2 Å². The molecule has 0 saturated heterocycles. The van der Waals surface area contributed by atoms with Crippen molar-refractivity contribution in [3.8, 4) is 0 Å². The number of allylic oxidation sites excluding steroid dienone is 1. The van der Waals surface area contributed by atoms with Crippen molar-refractivity contribution < 1.29 is 9.53 Å². The molecule has 0 aliphatic rings. The van der Waals surface area contributed by atoms with Crippen LogP contribution in [0.4, 0.5) is 4.79 Å². The van der Waals surface area contributed by atoms with E-state index in [1.54, 1.807) is 0 Å². The summed E-state index contributed by atoms with van der Waals surface area (Å²) in [5, 5.41) is 2.80. The smallest absolute Gasteiger partial charge is 0.407 e. The van der Waals surface area contributed by atoms with E-state index in [9.17, 15) is 4.79 Å². The maximum absolute atomic E-state index is 11.5. The Balaban J connectivity index is 1.87. The minimum atomic E-state index is -0.326. The van der Waals surface area contributed by atoms with Gasteiger partial charge in [0.05, 0.1) is 0 Å². The maximum atomic E-state index is 11.5. The Kier molecular flexibility index (Phi) is 10.7. The average molecular weight is 303 g/mol. The van der Waals surface area contributed by atoms with Crippen molar-refractivity contribution in [1.82, 2.24) is 5.32 Å². The summed E-state index contributed by atoms with van der Waals surface area (Å²) in [6.45, 7) is 4.76. The van der Waals surface area contributed by atoms with Crippen molar-refractivity contribution in [2.24, 2.45) is 0 Å². The number of benzene rings is 1. The zero-order valence-electron chi connectivity index (χ0n) is 13.6. The zero-order valence-corrected chi connectivity index (χ0v) is 13.6. The van der Waals surface area contributed by atoms with E-state index in [0.717, 1.165) is 18.4 Å². The van der Waals surface area contributed by atoms with Crippen LogP contribution in [0.15, 0.2) is 43.0 Å². The molecule has 22 heavy (non-hydrogen) atoms. The summed E-state index contributed by atoms with van der Waals surface area (Å²) in [5.41, 5.74) is 1.01. The van der Waals surface area contributed by atoms with E-state index in [1.807, 2.05) is 36.4 Å². The van der Waals surface area contributed by atoms with Crippen molar-refractivity contribution in [1.29, 1.82) is 0 Å². The third-order valence-electron chi connectivity index (χ3n) is 3.57. The van der Waals surface area contributed by atoms with Gasteiger partial charge in [-0.25, -0.2) is 4.79 Å². The Bertz CT molecular complexity index is 403. The van der Waals surface area contributed by atoms with Crippen LogP contribution in [-0.4, -0.2) is 12.6 Å². The summed E-state index contributed by atoms with van der Waals surface area (Å²) in [6, 6.07) is 9.72. The third kappa shape index (κ3) is 10.0. The van der Waals surface area contributed by atoms with Crippen LogP contribution in [0.2, 0.25) is 0 Å². The molecule has 0 fully saturated rings. The highest BCUT2D eigenvalue weighted by molar-refractivity contribution is 5.67. The van der Waals surface area contributed by atoms with Crippen LogP contribution in [0.5, 0.6) is 0 Å². The topological polar surface area (TPSA) is 38.3 Å². The van der Waals surface area contributed by atoms with Gasteiger partial charge in [0.2, 0.25) is 0 Å². The Morgan fingerprint density at radius 2 is 1.64 bits per heavy atom. The number of amides is 1. The molecular weight excluding hydrogens is 274 g/mol. The van der Waals surface area contributed by atoms with Gasteiger partial charge < -0.3 is 10.1 Å². The third-order valence-corrected chi connectivity index (χ3v) is 3.57. The quantitative estimate of drug-likeness (QED) is 0.424. The van der Waals surface area contributed by atoms with E-state index >= 15 is 0 Å². The molecule has 0 aliphatic heterocycles. The highest BCUT2D eigenvalue weighted by Crippen LogP contribution is 2.08. The molecule has 0 atom stereocenters. The number of carbonyl (C=O) groups is 1. The predicted molar refractivity (Wildman–Crippen MR) is 91.8 cm³/mol. The lowest BCUT2D eigenvalue weighted by atomic mass is 10.1. The molecule has 122 valence electrons. The second-order valence-corrected chi connectivity index (χ2v) is 5.54. The van der Waals surface area contributed by atoms with Crippen LogP contribution in [0.25, 0.3) is 0 Å². The van der Waals surface area contributed by atoms with Gasteiger partial charge in [-0.1, -0.05) is 68.5 Å². The maximum Gasteiger partial charge on any atom is 0.407 e. The summed E-state index contributed by atoms with van der Waals surface area (Å²) < 4.78 is 5.15. The van der Waals surface area contributed by atoms with Gasteiger partial charge in [0.1, 0.15) is 6.61 Å².